The molecule has 1 fully saturated rings. The Morgan fingerprint density at radius 3 is 2.69 bits per heavy atom. The molecule has 3 aromatic rings. The van der Waals surface area contributed by atoms with E-state index >= 15 is 0 Å². The van der Waals surface area contributed by atoms with Crippen LogP contribution in [0.15, 0.2) is 42.5 Å². The quantitative estimate of drug-likeness (QED) is 0.324. The summed E-state index contributed by atoms with van der Waals surface area (Å²) in [5.41, 5.74) is 1.49. The van der Waals surface area contributed by atoms with E-state index in [2.05, 4.69) is 39.3 Å². The zero-order valence-electron chi connectivity index (χ0n) is 21.8. The van der Waals surface area contributed by atoms with Gasteiger partial charge < -0.3 is 20.8 Å². The maximum atomic E-state index is 12.7. The topological polar surface area (TPSA) is 129 Å². The van der Waals surface area contributed by atoms with Gasteiger partial charge >= 0.3 is 0 Å². The zero-order chi connectivity index (χ0) is 28.0. The van der Waals surface area contributed by atoms with Crippen LogP contribution in [-0.4, -0.2) is 60.2 Å². The molecule has 0 saturated carbocycles. The number of aromatic nitrogens is 1. The highest BCUT2D eigenvalue weighted by Crippen LogP contribution is 2.34. The molecule has 0 aliphatic carbocycles. The van der Waals surface area contributed by atoms with E-state index in [1.807, 2.05) is 18.2 Å². The van der Waals surface area contributed by atoms with Crippen LogP contribution in [0.1, 0.15) is 53.2 Å². The van der Waals surface area contributed by atoms with Crippen molar-refractivity contribution in [1.82, 2.24) is 15.6 Å². The summed E-state index contributed by atoms with van der Waals surface area (Å²) in [6.07, 6.45) is 1.80. The Labute approximate surface area is 232 Å². The minimum absolute atomic E-state index is 0.0382. The van der Waals surface area contributed by atoms with Gasteiger partial charge in [0, 0.05) is 30.7 Å². The predicted octanol–water partition coefficient (Wildman–Crippen LogP) is 3.01. The number of aromatic hydroxyl groups is 1. The van der Waals surface area contributed by atoms with Crippen molar-refractivity contribution in [2.75, 3.05) is 25.9 Å². The summed E-state index contributed by atoms with van der Waals surface area (Å²) < 4.78 is 24.8. The second-order valence-corrected chi connectivity index (χ2v) is 13.5. The molecule has 1 aromatic heterocycles. The number of sulfone groups is 1. The number of rotatable bonds is 7. The minimum Gasteiger partial charge on any atom is -0.507 e. The number of nitrogens with one attached hydrogen (secondary N) is 2. The van der Waals surface area contributed by atoms with Gasteiger partial charge in [0.15, 0.2) is 9.84 Å². The number of benzene rings is 2. The van der Waals surface area contributed by atoms with Crippen LogP contribution in [0.3, 0.4) is 0 Å². The lowest BCUT2D eigenvalue weighted by Crippen LogP contribution is -2.47. The SMILES string of the molecule is C[C@](CNC(=O)c1ccccc1O)(C[C@@H](O)c1nc2ccc(C#CC#CC3CCNCC3)cc2s1)S(C)(=O)=O. The fraction of sp³-hybridized carbons (Fsp3) is 0.379. The maximum Gasteiger partial charge on any atom is 0.255 e. The summed E-state index contributed by atoms with van der Waals surface area (Å²) in [6.45, 7) is 3.19. The number of fused-ring (bicyclic) bond motifs is 1. The van der Waals surface area contributed by atoms with Gasteiger partial charge in [-0.15, -0.1) is 11.3 Å². The Balaban J connectivity index is 1.46. The molecule has 8 nitrogen and oxygen atoms in total. The number of amides is 1. The molecule has 39 heavy (non-hydrogen) atoms. The largest absolute Gasteiger partial charge is 0.507 e. The van der Waals surface area contributed by atoms with Crippen LogP contribution in [-0.2, 0) is 9.84 Å². The van der Waals surface area contributed by atoms with E-state index in [0.29, 0.717) is 16.4 Å². The van der Waals surface area contributed by atoms with Crippen LogP contribution < -0.4 is 10.6 Å². The van der Waals surface area contributed by atoms with Crippen LogP contribution in [0.25, 0.3) is 10.2 Å². The standard InChI is InChI=1S/C29H31N3O5S2/c1-29(39(2,36)37,19-31-27(35)22-9-5-6-10-24(22)33)18-25(34)28-32-23-12-11-21(17-26(23)38-28)8-4-3-7-20-13-15-30-16-14-20/h5-6,9-12,17,20,25,30,33-34H,13-16,18-19H2,1-2H3,(H,31,35)/t25-,29-/m1/s1. The summed E-state index contributed by atoms with van der Waals surface area (Å²) in [5, 5.41) is 27.2. The third-order valence-corrected chi connectivity index (χ3v) is 10.1. The highest BCUT2D eigenvalue weighted by molar-refractivity contribution is 7.92. The van der Waals surface area contributed by atoms with Crippen molar-refractivity contribution in [2.45, 2.75) is 37.0 Å². The highest BCUT2D eigenvalue weighted by atomic mass is 32.2. The van der Waals surface area contributed by atoms with Crippen molar-refractivity contribution in [2.24, 2.45) is 5.92 Å². The third kappa shape index (κ3) is 7.17. The molecule has 1 aliphatic rings. The van der Waals surface area contributed by atoms with Gasteiger partial charge in [-0.2, -0.15) is 0 Å². The van der Waals surface area contributed by atoms with Gasteiger partial charge in [0.25, 0.3) is 5.91 Å². The van der Waals surface area contributed by atoms with Crippen molar-refractivity contribution in [1.29, 1.82) is 0 Å². The Kier molecular flexibility index (Phi) is 8.94. The Morgan fingerprint density at radius 2 is 1.97 bits per heavy atom. The lowest BCUT2D eigenvalue weighted by Gasteiger charge is -2.29. The number of phenolic OH excluding ortho intramolecular Hbond substituents is 1. The number of hydrogen-bond donors (Lipinski definition) is 4. The number of aliphatic hydroxyl groups is 1. The van der Waals surface area contributed by atoms with Gasteiger partial charge in [-0.25, -0.2) is 13.4 Å². The Bertz CT molecular complexity index is 1590. The summed E-state index contributed by atoms with van der Waals surface area (Å²) in [7, 11) is -3.71. The summed E-state index contributed by atoms with van der Waals surface area (Å²) >= 11 is 1.27. The number of hydrogen-bond acceptors (Lipinski definition) is 8. The van der Waals surface area contributed by atoms with Crippen LogP contribution in [0, 0.1) is 29.6 Å². The van der Waals surface area contributed by atoms with Crippen LogP contribution in [0.4, 0.5) is 0 Å². The third-order valence-electron chi connectivity index (χ3n) is 6.87. The fourth-order valence-electron chi connectivity index (χ4n) is 4.25. The van der Waals surface area contributed by atoms with E-state index in [9.17, 15) is 23.4 Å². The van der Waals surface area contributed by atoms with Crippen molar-refractivity contribution >= 4 is 37.3 Å². The Morgan fingerprint density at radius 1 is 1.23 bits per heavy atom. The number of aliphatic hydroxyl groups excluding tert-OH is 1. The average molecular weight is 566 g/mol. The van der Waals surface area contributed by atoms with Crippen molar-refractivity contribution < 1.29 is 23.4 Å². The molecule has 1 aliphatic heterocycles. The fourth-order valence-corrected chi connectivity index (χ4v) is 6.04. The summed E-state index contributed by atoms with van der Waals surface area (Å²) in [5.74, 6) is 11.7. The molecular weight excluding hydrogens is 534 g/mol. The number of piperidine rings is 1. The molecule has 0 unspecified atom stereocenters. The number of phenols is 1. The molecule has 4 rings (SSSR count). The number of thiazole rings is 1. The monoisotopic (exact) mass is 565 g/mol. The molecular formula is C29H31N3O5S2. The summed E-state index contributed by atoms with van der Waals surface area (Å²) in [4.78, 5) is 17.1. The van der Waals surface area contributed by atoms with Crippen LogP contribution in [0.2, 0.25) is 0 Å². The van der Waals surface area contributed by atoms with Gasteiger partial charge in [-0.05, 0) is 75.0 Å². The lowest BCUT2D eigenvalue weighted by molar-refractivity contribution is 0.0938. The van der Waals surface area contributed by atoms with Crippen LogP contribution in [0.5, 0.6) is 5.75 Å². The van der Waals surface area contributed by atoms with E-state index in [1.54, 1.807) is 12.1 Å². The molecule has 1 saturated heterocycles. The van der Waals surface area contributed by atoms with Gasteiger partial charge in [0.05, 0.1) is 20.5 Å². The molecule has 0 bridgehead atoms. The van der Waals surface area contributed by atoms with E-state index in [1.165, 1.54) is 30.4 Å². The average Bonchev–Trinajstić information content (AvgIpc) is 3.34. The van der Waals surface area contributed by atoms with Crippen LogP contribution >= 0.6 is 11.3 Å². The molecule has 204 valence electrons. The van der Waals surface area contributed by atoms with E-state index in [0.717, 1.165) is 42.5 Å². The first-order valence-electron chi connectivity index (χ1n) is 12.6. The number of nitrogens with zero attached hydrogens (tertiary/aromatic N) is 1. The molecule has 2 atom stereocenters. The molecule has 0 radical (unpaired) electrons. The lowest BCUT2D eigenvalue weighted by atomic mass is 9.99. The second kappa shape index (κ2) is 12.2. The number of carbonyl (C=O) groups excluding carboxylic acids is 1. The molecule has 2 aromatic carbocycles. The van der Waals surface area contributed by atoms with Gasteiger partial charge in [-0.3, -0.25) is 4.79 Å². The first-order valence-corrected chi connectivity index (χ1v) is 15.3. The second-order valence-electron chi connectivity index (χ2n) is 9.92. The molecule has 10 heteroatoms. The first-order chi connectivity index (χ1) is 18.6. The highest BCUT2D eigenvalue weighted by Gasteiger charge is 2.39. The Hall–Kier alpha value is -3.41. The molecule has 1 amide bonds. The van der Waals surface area contributed by atoms with Crippen molar-refractivity contribution in [3.05, 3.63) is 58.6 Å². The van der Waals surface area contributed by atoms with E-state index < -0.39 is 26.6 Å². The van der Waals surface area contributed by atoms with Crippen molar-refractivity contribution in [3.8, 4) is 29.4 Å². The minimum atomic E-state index is -3.71. The van der Waals surface area contributed by atoms with Gasteiger partial charge in [0.2, 0.25) is 0 Å². The molecule has 4 N–H and O–H groups in total. The number of carbonyl (C=O) groups is 1. The molecule has 0 spiro atoms. The maximum absolute atomic E-state index is 12.7. The molecule has 2 heterocycles. The summed E-state index contributed by atoms with van der Waals surface area (Å²) in [6, 6.07) is 11.5. The normalized spacial score (nSPS) is 16.3. The van der Waals surface area contributed by atoms with E-state index in [4.69, 9.17) is 0 Å². The van der Waals surface area contributed by atoms with E-state index in [-0.39, 0.29) is 24.3 Å². The number of para-hydroxylation sites is 1. The first kappa shape index (κ1) is 28.6. The smallest absolute Gasteiger partial charge is 0.255 e. The van der Waals surface area contributed by atoms with Crippen molar-refractivity contribution in [3.63, 3.8) is 0 Å². The predicted molar refractivity (Wildman–Crippen MR) is 153 cm³/mol. The zero-order valence-corrected chi connectivity index (χ0v) is 23.5. The van der Waals surface area contributed by atoms with Gasteiger partial charge in [-0.1, -0.05) is 24.0 Å². The van der Waals surface area contributed by atoms with Gasteiger partial charge in [0.1, 0.15) is 16.9 Å².